The van der Waals surface area contributed by atoms with Gasteiger partial charge in [-0.2, -0.15) is 4.31 Å². The Hall–Kier alpha value is -2.36. The van der Waals surface area contributed by atoms with Crippen molar-refractivity contribution in [3.05, 3.63) is 53.8 Å². The first-order valence-electron chi connectivity index (χ1n) is 8.73. The van der Waals surface area contributed by atoms with E-state index in [4.69, 9.17) is 0 Å². The molecule has 0 N–H and O–H groups in total. The Morgan fingerprint density at radius 2 is 1.82 bits per heavy atom. The molecule has 0 atom stereocenters. The summed E-state index contributed by atoms with van der Waals surface area (Å²) in [6.45, 7) is 4.01. The predicted octanol–water partition coefficient (Wildman–Crippen LogP) is 3.74. The van der Waals surface area contributed by atoms with Crippen molar-refractivity contribution in [2.45, 2.75) is 18.7 Å². The molecule has 0 spiro atoms. The number of amides is 1. The number of anilines is 1. The second-order valence-electron chi connectivity index (χ2n) is 6.06. The first-order chi connectivity index (χ1) is 13.3. The van der Waals surface area contributed by atoms with E-state index in [1.165, 1.54) is 33.7 Å². The quantitative estimate of drug-likeness (QED) is 0.608. The lowest BCUT2D eigenvalue weighted by atomic mass is 10.2. The van der Waals surface area contributed by atoms with Crippen molar-refractivity contribution in [1.82, 2.24) is 9.29 Å². The van der Waals surface area contributed by atoms with Gasteiger partial charge in [-0.1, -0.05) is 37.3 Å². The van der Waals surface area contributed by atoms with Crippen LogP contribution in [0.5, 0.6) is 0 Å². The molecule has 1 heterocycles. The van der Waals surface area contributed by atoms with Gasteiger partial charge in [0.1, 0.15) is 5.82 Å². The molecule has 1 aromatic heterocycles. The zero-order valence-corrected chi connectivity index (χ0v) is 17.3. The third-order valence-electron chi connectivity index (χ3n) is 4.39. The Morgan fingerprint density at radius 1 is 1.14 bits per heavy atom. The molecule has 3 aromatic rings. The van der Waals surface area contributed by atoms with E-state index in [9.17, 15) is 17.6 Å². The van der Waals surface area contributed by atoms with E-state index >= 15 is 0 Å². The number of thiazole rings is 1. The van der Waals surface area contributed by atoms with Crippen molar-refractivity contribution in [1.29, 1.82) is 0 Å². The summed E-state index contributed by atoms with van der Waals surface area (Å²) in [5, 5.41) is 0.405. The highest BCUT2D eigenvalue weighted by Crippen LogP contribution is 2.29. The zero-order valence-electron chi connectivity index (χ0n) is 15.7. The average molecular weight is 422 g/mol. The number of sulfonamides is 1. The molecule has 0 fully saturated rings. The fourth-order valence-electron chi connectivity index (χ4n) is 2.81. The van der Waals surface area contributed by atoms with E-state index in [0.29, 0.717) is 5.13 Å². The van der Waals surface area contributed by atoms with E-state index in [1.807, 2.05) is 24.3 Å². The summed E-state index contributed by atoms with van der Waals surface area (Å²) >= 11 is 1.30. The largest absolute Gasteiger partial charge is 0.287 e. The first-order valence-corrected chi connectivity index (χ1v) is 11.0. The Labute approximate surface area is 167 Å². The topological polar surface area (TPSA) is 70.6 Å². The van der Waals surface area contributed by atoms with Crippen LogP contribution in [0, 0.1) is 5.82 Å². The number of halogens is 1. The Balaban J connectivity index is 1.99. The number of fused-ring (bicyclic) bond motifs is 1. The van der Waals surface area contributed by atoms with Crippen LogP contribution in [0.15, 0.2) is 47.4 Å². The summed E-state index contributed by atoms with van der Waals surface area (Å²) in [6, 6.07) is 10.7. The number of para-hydroxylation sites is 1. The molecule has 0 unspecified atom stereocenters. The maximum Gasteiger partial charge on any atom is 0.262 e. The molecule has 0 aliphatic heterocycles. The monoisotopic (exact) mass is 421 g/mol. The Kier molecular flexibility index (Phi) is 5.78. The van der Waals surface area contributed by atoms with Gasteiger partial charge in [-0.05, 0) is 30.3 Å². The van der Waals surface area contributed by atoms with Crippen LogP contribution in [0.25, 0.3) is 10.2 Å². The number of carbonyl (C=O) groups excluding carboxylic acids is 1. The van der Waals surface area contributed by atoms with E-state index in [2.05, 4.69) is 4.98 Å². The van der Waals surface area contributed by atoms with Gasteiger partial charge in [-0.25, -0.2) is 17.8 Å². The Morgan fingerprint density at radius 3 is 2.46 bits per heavy atom. The van der Waals surface area contributed by atoms with Crippen LogP contribution in [0.2, 0.25) is 0 Å². The molecule has 0 aliphatic rings. The number of hydrogen-bond donors (Lipinski definition) is 0. The lowest BCUT2D eigenvalue weighted by Gasteiger charge is -2.19. The summed E-state index contributed by atoms with van der Waals surface area (Å²) in [5.74, 6) is -1.44. The third-order valence-corrected chi connectivity index (χ3v) is 7.54. The van der Waals surface area contributed by atoms with Gasteiger partial charge in [-0.15, -0.1) is 0 Å². The van der Waals surface area contributed by atoms with Crippen LogP contribution in [0.3, 0.4) is 0 Å². The fraction of sp³-hybridized carbons (Fsp3) is 0.263. The van der Waals surface area contributed by atoms with Crippen LogP contribution in [-0.2, 0) is 10.0 Å². The standard InChI is InChI=1S/C19H20FN3O3S2/c1-4-23(5-2)28(25,26)13-10-11-15(20)14(12-13)18(24)22(3)19-21-16-8-6-7-9-17(16)27-19/h6-12H,4-5H2,1-3H3. The van der Waals surface area contributed by atoms with Crippen LogP contribution < -0.4 is 4.90 Å². The minimum Gasteiger partial charge on any atom is -0.287 e. The maximum atomic E-state index is 14.4. The lowest BCUT2D eigenvalue weighted by Crippen LogP contribution is -2.31. The predicted molar refractivity (Wildman–Crippen MR) is 109 cm³/mol. The van der Waals surface area contributed by atoms with Crippen molar-refractivity contribution in [2.24, 2.45) is 0 Å². The van der Waals surface area contributed by atoms with Gasteiger partial charge >= 0.3 is 0 Å². The van der Waals surface area contributed by atoms with E-state index in [-0.39, 0.29) is 23.5 Å². The number of carbonyl (C=O) groups is 1. The SMILES string of the molecule is CCN(CC)S(=O)(=O)c1ccc(F)c(C(=O)N(C)c2nc3ccccc3s2)c1. The van der Waals surface area contributed by atoms with Gasteiger partial charge in [0.25, 0.3) is 5.91 Å². The van der Waals surface area contributed by atoms with Gasteiger partial charge in [0, 0.05) is 20.1 Å². The number of hydrogen-bond acceptors (Lipinski definition) is 5. The number of nitrogens with zero attached hydrogens (tertiary/aromatic N) is 3. The van der Waals surface area contributed by atoms with Crippen molar-refractivity contribution in [3.63, 3.8) is 0 Å². The summed E-state index contributed by atoms with van der Waals surface area (Å²) in [4.78, 5) is 18.4. The third kappa shape index (κ3) is 3.65. The van der Waals surface area contributed by atoms with Crippen LogP contribution in [-0.4, -0.2) is 43.8 Å². The highest BCUT2D eigenvalue weighted by molar-refractivity contribution is 7.89. The fourth-order valence-corrected chi connectivity index (χ4v) is 5.22. The lowest BCUT2D eigenvalue weighted by molar-refractivity contribution is 0.0989. The zero-order chi connectivity index (χ0) is 20.5. The van der Waals surface area contributed by atoms with Crippen molar-refractivity contribution in [3.8, 4) is 0 Å². The first kappa shape index (κ1) is 20.4. The van der Waals surface area contributed by atoms with E-state index in [0.717, 1.165) is 22.3 Å². The minimum absolute atomic E-state index is 0.112. The van der Waals surface area contributed by atoms with Crippen LogP contribution in [0.1, 0.15) is 24.2 Å². The second kappa shape index (κ2) is 7.94. The van der Waals surface area contributed by atoms with E-state index in [1.54, 1.807) is 13.8 Å². The molecule has 2 aromatic carbocycles. The van der Waals surface area contributed by atoms with E-state index < -0.39 is 21.7 Å². The summed E-state index contributed by atoms with van der Waals surface area (Å²) < 4.78 is 41.9. The molecule has 3 rings (SSSR count). The highest BCUT2D eigenvalue weighted by Gasteiger charge is 2.26. The van der Waals surface area contributed by atoms with Gasteiger partial charge < -0.3 is 0 Å². The van der Waals surface area contributed by atoms with Crippen molar-refractivity contribution in [2.75, 3.05) is 25.0 Å². The van der Waals surface area contributed by atoms with Gasteiger partial charge in [-0.3, -0.25) is 9.69 Å². The van der Waals surface area contributed by atoms with Crippen LogP contribution >= 0.6 is 11.3 Å². The molecule has 0 bridgehead atoms. The number of benzene rings is 2. The molecule has 28 heavy (non-hydrogen) atoms. The normalized spacial score (nSPS) is 11.9. The van der Waals surface area contributed by atoms with Crippen LogP contribution in [0.4, 0.5) is 9.52 Å². The molecular weight excluding hydrogens is 401 g/mol. The van der Waals surface area contributed by atoms with Gasteiger partial charge in [0.15, 0.2) is 5.13 Å². The van der Waals surface area contributed by atoms with Crippen molar-refractivity contribution >= 4 is 42.6 Å². The summed E-state index contributed by atoms with van der Waals surface area (Å²) in [6.07, 6.45) is 0. The molecule has 6 nitrogen and oxygen atoms in total. The summed E-state index contributed by atoms with van der Waals surface area (Å²) in [7, 11) is -2.31. The number of rotatable bonds is 6. The second-order valence-corrected chi connectivity index (χ2v) is 9.01. The van der Waals surface area contributed by atoms with Gasteiger partial charge in [0.2, 0.25) is 10.0 Å². The summed E-state index contributed by atoms with van der Waals surface area (Å²) in [5.41, 5.74) is 0.426. The molecule has 0 aliphatic carbocycles. The molecule has 0 radical (unpaired) electrons. The highest BCUT2D eigenvalue weighted by atomic mass is 32.2. The Bertz CT molecular complexity index is 1090. The average Bonchev–Trinajstić information content (AvgIpc) is 3.12. The minimum atomic E-state index is -3.80. The molecule has 1 amide bonds. The molecule has 148 valence electrons. The molecular formula is C19H20FN3O3S2. The smallest absolute Gasteiger partial charge is 0.262 e. The molecule has 0 saturated carbocycles. The van der Waals surface area contributed by atoms with Crippen molar-refractivity contribution < 1.29 is 17.6 Å². The number of aromatic nitrogens is 1. The van der Waals surface area contributed by atoms with Gasteiger partial charge in [0.05, 0.1) is 20.7 Å². The maximum absolute atomic E-state index is 14.4. The molecule has 9 heteroatoms. The molecule has 0 saturated heterocycles.